The van der Waals surface area contributed by atoms with E-state index in [4.69, 9.17) is 4.74 Å². The van der Waals surface area contributed by atoms with Crippen LogP contribution in [0.25, 0.3) is 0 Å². The summed E-state index contributed by atoms with van der Waals surface area (Å²) in [7, 11) is 0. The van der Waals surface area contributed by atoms with Gasteiger partial charge in [-0.05, 0) is 48.9 Å². The zero-order valence-electron chi connectivity index (χ0n) is 14.9. The molecule has 0 saturated heterocycles. The molecule has 7 nitrogen and oxygen atoms in total. The van der Waals surface area contributed by atoms with Crippen molar-refractivity contribution < 1.29 is 23.9 Å². The molecule has 0 fully saturated rings. The SMILES string of the molecule is CCCOC(=O)c1ccc2c(c1)C(=O)N(c1ccc(NC(C)=O)cc1)C2=O. The largest absolute Gasteiger partial charge is 0.462 e. The number of carbonyl (C=O) groups excluding carboxylic acids is 4. The second kappa shape index (κ2) is 7.41. The number of hydrogen-bond acceptors (Lipinski definition) is 5. The molecule has 1 aliphatic rings. The molecule has 2 aromatic carbocycles. The van der Waals surface area contributed by atoms with Crippen molar-refractivity contribution in [1.29, 1.82) is 0 Å². The van der Waals surface area contributed by atoms with Gasteiger partial charge in [0.2, 0.25) is 5.91 Å². The fourth-order valence-corrected chi connectivity index (χ4v) is 2.78. The maximum absolute atomic E-state index is 12.7. The summed E-state index contributed by atoms with van der Waals surface area (Å²) in [5.41, 5.74) is 1.57. The molecule has 1 aliphatic heterocycles. The minimum atomic E-state index is -0.530. The summed E-state index contributed by atoms with van der Waals surface area (Å²) in [5.74, 6) is -1.72. The van der Waals surface area contributed by atoms with Crippen molar-refractivity contribution in [2.45, 2.75) is 20.3 Å². The number of nitrogens with zero attached hydrogens (tertiary/aromatic N) is 1. The Morgan fingerprint density at radius 3 is 2.30 bits per heavy atom. The highest BCUT2D eigenvalue weighted by Gasteiger charge is 2.37. The number of carbonyl (C=O) groups is 4. The lowest BCUT2D eigenvalue weighted by Crippen LogP contribution is -2.29. The Bertz CT molecular complexity index is 934. The molecule has 0 saturated carbocycles. The molecule has 0 spiro atoms. The van der Waals surface area contributed by atoms with Gasteiger partial charge in [-0.2, -0.15) is 0 Å². The summed E-state index contributed by atoms with van der Waals surface area (Å²) in [6, 6.07) is 10.7. The van der Waals surface area contributed by atoms with Crippen LogP contribution in [0, 0.1) is 0 Å². The fourth-order valence-electron chi connectivity index (χ4n) is 2.78. The van der Waals surface area contributed by atoms with Crippen LogP contribution in [0.3, 0.4) is 0 Å². The summed E-state index contributed by atoms with van der Waals surface area (Å²) in [6.45, 7) is 3.56. The van der Waals surface area contributed by atoms with E-state index in [0.717, 1.165) is 4.90 Å². The zero-order chi connectivity index (χ0) is 19.6. The summed E-state index contributed by atoms with van der Waals surface area (Å²) < 4.78 is 5.07. The molecule has 27 heavy (non-hydrogen) atoms. The number of imide groups is 1. The van der Waals surface area contributed by atoms with Gasteiger partial charge in [0.25, 0.3) is 11.8 Å². The van der Waals surface area contributed by atoms with Crippen molar-refractivity contribution in [3.63, 3.8) is 0 Å². The molecule has 1 N–H and O–H groups in total. The topological polar surface area (TPSA) is 92.8 Å². The molecule has 0 aromatic heterocycles. The van der Waals surface area contributed by atoms with Crippen molar-refractivity contribution in [1.82, 2.24) is 0 Å². The van der Waals surface area contributed by atoms with E-state index in [2.05, 4.69) is 5.32 Å². The first kappa shape index (κ1) is 18.3. The third kappa shape index (κ3) is 3.57. The summed E-state index contributed by atoms with van der Waals surface area (Å²) in [6.07, 6.45) is 0.691. The molecule has 7 heteroatoms. The van der Waals surface area contributed by atoms with Crippen molar-refractivity contribution >= 4 is 35.1 Å². The lowest BCUT2D eigenvalue weighted by atomic mass is 10.1. The number of rotatable bonds is 5. The van der Waals surface area contributed by atoms with Crippen LogP contribution in [0.15, 0.2) is 42.5 Å². The van der Waals surface area contributed by atoms with Gasteiger partial charge in [0.15, 0.2) is 0 Å². The predicted molar refractivity (Wildman–Crippen MR) is 98.9 cm³/mol. The van der Waals surface area contributed by atoms with Gasteiger partial charge in [0, 0.05) is 12.6 Å². The number of fused-ring (bicyclic) bond motifs is 1. The molecule has 0 radical (unpaired) electrons. The third-order valence-corrected chi connectivity index (χ3v) is 4.01. The number of esters is 1. The van der Waals surface area contributed by atoms with Crippen molar-refractivity contribution in [3.8, 4) is 0 Å². The van der Waals surface area contributed by atoms with Crippen molar-refractivity contribution in [2.24, 2.45) is 0 Å². The lowest BCUT2D eigenvalue weighted by molar-refractivity contribution is -0.114. The van der Waals surface area contributed by atoms with Gasteiger partial charge in [-0.3, -0.25) is 14.4 Å². The summed E-state index contributed by atoms with van der Waals surface area (Å²) >= 11 is 0. The number of hydrogen-bond donors (Lipinski definition) is 1. The van der Waals surface area contributed by atoms with Gasteiger partial charge in [-0.25, -0.2) is 9.69 Å². The monoisotopic (exact) mass is 366 g/mol. The minimum absolute atomic E-state index is 0.164. The summed E-state index contributed by atoms with van der Waals surface area (Å²) in [5, 5.41) is 2.62. The van der Waals surface area contributed by atoms with Gasteiger partial charge in [-0.15, -0.1) is 0 Å². The maximum Gasteiger partial charge on any atom is 0.338 e. The number of nitrogens with one attached hydrogen (secondary N) is 1. The van der Waals surface area contributed by atoms with Gasteiger partial charge < -0.3 is 10.1 Å². The zero-order valence-corrected chi connectivity index (χ0v) is 14.9. The van der Waals surface area contributed by atoms with Crippen LogP contribution in [0.2, 0.25) is 0 Å². The Labute approximate surface area is 155 Å². The fraction of sp³-hybridized carbons (Fsp3) is 0.200. The minimum Gasteiger partial charge on any atom is -0.462 e. The van der Waals surface area contributed by atoms with Crippen LogP contribution in [-0.4, -0.2) is 30.3 Å². The third-order valence-electron chi connectivity index (χ3n) is 4.01. The highest BCUT2D eigenvalue weighted by molar-refractivity contribution is 6.34. The molecule has 0 atom stereocenters. The van der Waals surface area contributed by atoms with E-state index in [1.807, 2.05) is 6.92 Å². The first-order valence-electron chi connectivity index (χ1n) is 8.50. The number of benzene rings is 2. The Morgan fingerprint density at radius 2 is 1.67 bits per heavy atom. The molecular formula is C20H18N2O5. The first-order chi connectivity index (χ1) is 12.9. The van der Waals surface area contributed by atoms with Gasteiger partial charge >= 0.3 is 5.97 Å². The standard InChI is InChI=1S/C20H18N2O5/c1-3-10-27-20(26)13-4-9-16-17(11-13)19(25)22(18(16)24)15-7-5-14(6-8-15)21-12(2)23/h4-9,11H,3,10H2,1-2H3,(H,21,23). The number of amides is 3. The average molecular weight is 366 g/mol. The van der Waals surface area contributed by atoms with Crippen LogP contribution in [-0.2, 0) is 9.53 Å². The van der Waals surface area contributed by atoms with Crippen LogP contribution in [0.4, 0.5) is 11.4 Å². The van der Waals surface area contributed by atoms with Gasteiger partial charge in [0.05, 0.1) is 29.0 Å². The van der Waals surface area contributed by atoms with Crippen LogP contribution >= 0.6 is 0 Å². The molecule has 0 aliphatic carbocycles. The predicted octanol–water partition coefficient (Wildman–Crippen LogP) is 3.01. The number of ether oxygens (including phenoxy) is 1. The summed E-state index contributed by atoms with van der Waals surface area (Å²) in [4.78, 5) is 49.5. The van der Waals surface area contributed by atoms with E-state index in [0.29, 0.717) is 17.8 Å². The van der Waals surface area contributed by atoms with E-state index >= 15 is 0 Å². The second-order valence-corrected chi connectivity index (χ2v) is 6.07. The molecule has 0 bridgehead atoms. The van der Waals surface area contributed by atoms with E-state index in [-0.39, 0.29) is 29.2 Å². The average Bonchev–Trinajstić information content (AvgIpc) is 2.90. The van der Waals surface area contributed by atoms with Crippen molar-refractivity contribution in [3.05, 3.63) is 59.2 Å². The van der Waals surface area contributed by atoms with Crippen molar-refractivity contribution in [2.75, 3.05) is 16.8 Å². The molecule has 3 rings (SSSR count). The highest BCUT2D eigenvalue weighted by Crippen LogP contribution is 2.30. The smallest absolute Gasteiger partial charge is 0.338 e. The highest BCUT2D eigenvalue weighted by atomic mass is 16.5. The molecule has 1 heterocycles. The van der Waals surface area contributed by atoms with Gasteiger partial charge in [0.1, 0.15) is 0 Å². The molecule has 3 amide bonds. The Morgan fingerprint density at radius 1 is 1.00 bits per heavy atom. The number of anilines is 2. The molecule has 2 aromatic rings. The van der Waals surface area contributed by atoms with E-state index in [9.17, 15) is 19.2 Å². The lowest BCUT2D eigenvalue weighted by Gasteiger charge is -2.14. The van der Waals surface area contributed by atoms with Crippen LogP contribution in [0.5, 0.6) is 0 Å². The Balaban J connectivity index is 1.87. The quantitative estimate of drug-likeness (QED) is 0.649. The van der Waals surface area contributed by atoms with Gasteiger partial charge in [-0.1, -0.05) is 6.92 Å². The maximum atomic E-state index is 12.7. The molecular weight excluding hydrogens is 348 g/mol. The molecule has 138 valence electrons. The molecule has 0 unspecified atom stereocenters. The first-order valence-corrected chi connectivity index (χ1v) is 8.50. The second-order valence-electron chi connectivity index (χ2n) is 6.07. The Hall–Kier alpha value is -3.48. The Kier molecular flexibility index (Phi) is 5.03. The van der Waals surface area contributed by atoms with Crippen LogP contribution < -0.4 is 10.2 Å². The van der Waals surface area contributed by atoms with E-state index in [1.165, 1.54) is 25.1 Å². The van der Waals surface area contributed by atoms with Crippen LogP contribution in [0.1, 0.15) is 51.3 Å². The van der Waals surface area contributed by atoms with E-state index in [1.54, 1.807) is 24.3 Å². The normalized spacial score (nSPS) is 12.7. The van der Waals surface area contributed by atoms with E-state index < -0.39 is 17.8 Å².